The molecule has 2 N–H and O–H groups in total. The number of carbonyl (C=O) groups excluding carboxylic acids is 1. The van der Waals surface area contributed by atoms with Gasteiger partial charge < -0.3 is 10.6 Å². The summed E-state index contributed by atoms with van der Waals surface area (Å²) in [6, 6.07) is 5.04. The second-order valence-corrected chi connectivity index (χ2v) is 7.33. The van der Waals surface area contributed by atoms with E-state index in [1.807, 2.05) is 0 Å². The topological polar surface area (TPSA) is 41.1 Å². The summed E-state index contributed by atoms with van der Waals surface area (Å²) in [4.78, 5) is 13.7. The molecule has 3 rings (SSSR count). The van der Waals surface area contributed by atoms with E-state index in [0.29, 0.717) is 6.04 Å². The molecule has 4 unspecified atom stereocenters. The van der Waals surface area contributed by atoms with Gasteiger partial charge in [0.05, 0.1) is 6.04 Å². The molecule has 0 radical (unpaired) electrons. The van der Waals surface area contributed by atoms with Crippen LogP contribution in [-0.4, -0.2) is 24.0 Å². The van der Waals surface area contributed by atoms with Gasteiger partial charge in [-0.05, 0) is 43.6 Å². The zero-order chi connectivity index (χ0) is 13.9. The predicted octanol–water partition coefficient (Wildman–Crippen LogP) is 2.72. The molecule has 110 valence electrons. The highest BCUT2D eigenvalue weighted by atomic mass is 32.1. The van der Waals surface area contributed by atoms with Crippen molar-refractivity contribution in [1.82, 2.24) is 10.6 Å². The molecular weight excluding hydrogens is 268 g/mol. The average Bonchev–Trinajstić information content (AvgIpc) is 3.06. The van der Waals surface area contributed by atoms with Gasteiger partial charge in [0.25, 0.3) is 0 Å². The summed E-state index contributed by atoms with van der Waals surface area (Å²) in [7, 11) is 0. The summed E-state index contributed by atoms with van der Waals surface area (Å²) in [5.41, 5.74) is 0. The number of hydrogen-bond acceptors (Lipinski definition) is 3. The normalized spacial score (nSPS) is 30.8. The van der Waals surface area contributed by atoms with Crippen molar-refractivity contribution in [3.05, 3.63) is 22.4 Å². The van der Waals surface area contributed by atoms with Gasteiger partial charge in [-0.3, -0.25) is 4.79 Å². The Morgan fingerprint density at radius 3 is 3.10 bits per heavy atom. The van der Waals surface area contributed by atoms with Crippen molar-refractivity contribution in [3.63, 3.8) is 0 Å². The Morgan fingerprint density at radius 2 is 2.35 bits per heavy atom. The number of hydrogen-bond donors (Lipinski definition) is 2. The first-order valence-electron chi connectivity index (χ1n) is 7.81. The molecule has 0 spiro atoms. The van der Waals surface area contributed by atoms with Crippen LogP contribution >= 0.6 is 11.3 Å². The SMILES string of the molecule is CC(Cc1cccs1)NC(=O)C1CC2CCCCC2N1. The zero-order valence-electron chi connectivity index (χ0n) is 12.1. The summed E-state index contributed by atoms with van der Waals surface area (Å²) in [6.07, 6.45) is 7.17. The number of carbonyl (C=O) groups is 1. The molecule has 2 heterocycles. The first-order chi connectivity index (χ1) is 9.72. The summed E-state index contributed by atoms with van der Waals surface area (Å²) in [5.74, 6) is 0.926. The van der Waals surface area contributed by atoms with E-state index in [-0.39, 0.29) is 18.0 Å². The van der Waals surface area contributed by atoms with E-state index in [1.165, 1.54) is 30.6 Å². The van der Waals surface area contributed by atoms with Crippen LogP contribution in [0.1, 0.15) is 43.9 Å². The molecule has 1 aliphatic carbocycles. The molecule has 1 saturated heterocycles. The second kappa shape index (κ2) is 6.27. The first kappa shape index (κ1) is 14.1. The lowest BCUT2D eigenvalue weighted by atomic mass is 9.85. The van der Waals surface area contributed by atoms with Crippen LogP contribution in [0.15, 0.2) is 17.5 Å². The minimum atomic E-state index is 0.0360. The lowest BCUT2D eigenvalue weighted by Gasteiger charge is -2.24. The molecule has 0 bridgehead atoms. The monoisotopic (exact) mass is 292 g/mol. The number of rotatable bonds is 4. The van der Waals surface area contributed by atoms with Crippen molar-refractivity contribution >= 4 is 17.2 Å². The molecule has 1 saturated carbocycles. The van der Waals surface area contributed by atoms with E-state index in [1.54, 1.807) is 11.3 Å². The summed E-state index contributed by atoms with van der Waals surface area (Å²) in [5, 5.41) is 8.81. The molecule has 1 aliphatic heterocycles. The van der Waals surface area contributed by atoms with Crippen LogP contribution < -0.4 is 10.6 Å². The lowest BCUT2D eigenvalue weighted by molar-refractivity contribution is -0.123. The minimum Gasteiger partial charge on any atom is -0.352 e. The fraction of sp³-hybridized carbons (Fsp3) is 0.688. The largest absolute Gasteiger partial charge is 0.352 e. The number of thiophene rings is 1. The fourth-order valence-corrected chi connectivity index (χ4v) is 4.48. The minimum absolute atomic E-state index is 0.0360. The van der Waals surface area contributed by atoms with E-state index in [4.69, 9.17) is 0 Å². The molecule has 2 fully saturated rings. The van der Waals surface area contributed by atoms with Gasteiger partial charge >= 0.3 is 0 Å². The number of nitrogens with one attached hydrogen (secondary N) is 2. The highest BCUT2D eigenvalue weighted by Crippen LogP contribution is 2.33. The summed E-state index contributed by atoms with van der Waals surface area (Å²) in [6.45, 7) is 2.10. The Balaban J connectivity index is 1.49. The van der Waals surface area contributed by atoms with Crippen molar-refractivity contribution in [2.24, 2.45) is 5.92 Å². The molecule has 4 atom stereocenters. The number of fused-ring (bicyclic) bond motifs is 1. The van der Waals surface area contributed by atoms with E-state index in [9.17, 15) is 4.79 Å². The van der Waals surface area contributed by atoms with E-state index < -0.39 is 0 Å². The lowest BCUT2D eigenvalue weighted by Crippen LogP contribution is -2.46. The van der Waals surface area contributed by atoms with Gasteiger partial charge in [0.2, 0.25) is 5.91 Å². The maximum absolute atomic E-state index is 12.4. The van der Waals surface area contributed by atoms with Crippen LogP contribution in [0, 0.1) is 5.92 Å². The van der Waals surface area contributed by atoms with Gasteiger partial charge in [-0.15, -0.1) is 11.3 Å². The average molecular weight is 292 g/mol. The highest BCUT2D eigenvalue weighted by Gasteiger charge is 2.38. The molecular formula is C16H24N2OS. The van der Waals surface area contributed by atoms with Crippen molar-refractivity contribution in [3.8, 4) is 0 Å². The third-order valence-electron chi connectivity index (χ3n) is 4.66. The van der Waals surface area contributed by atoms with Crippen molar-refractivity contribution in [1.29, 1.82) is 0 Å². The molecule has 4 heteroatoms. The Bertz CT molecular complexity index is 431. The predicted molar refractivity (Wildman–Crippen MR) is 82.9 cm³/mol. The summed E-state index contributed by atoms with van der Waals surface area (Å²) < 4.78 is 0. The third kappa shape index (κ3) is 3.23. The molecule has 1 aromatic rings. The Morgan fingerprint density at radius 1 is 1.50 bits per heavy atom. The van der Waals surface area contributed by atoms with Crippen molar-refractivity contribution in [2.45, 2.75) is 63.6 Å². The first-order valence-corrected chi connectivity index (χ1v) is 8.69. The van der Waals surface area contributed by atoms with Gasteiger partial charge in [-0.25, -0.2) is 0 Å². The molecule has 3 nitrogen and oxygen atoms in total. The van der Waals surface area contributed by atoms with Crippen LogP contribution in [-0.2, 0) is 11.2 Å². The fourth-order valence-electron chi connectivity index (χ4n) is 3.65. The van der Waals surface area contributed by atoms with Gasteiger partial charge in [0.15, 0.2) is 0 Å². The Hall–Kier alpha value is -0.870. The van der Waals surface area contributed by atoms with E-state index >= 15 is 0 Å². The molecule has 1 amide bonds. The molecule has 1 aromatic heterocycles. The summed E-state index contributed by atoms with van der Waals surface area (Å²) >= 11 is 1.76. The van der Waals surface area contributed by atoms with Gasteiger partial charge in [-0.1, -0.05) is 18.9 Å². The standard InChI is InChI=1S/C16H24N2OS/c1-11(9-13-6-4-8-20-13)17-16(19)15-10-12-5-2-3-7-14(12)18-15/h4,6,8,11-12,14-15,18H,2-3,5,7,9-10H2,1H3,(H,17,19). The maximum Gasteiger partial charge on any atom is 0.237 e. The second-order valence-electron chi connectivity index (χ2n) is 6.30. The maximum atomic E-state index is 12.4. The Labute approximate surface area is 125 Å². The van der Waals surface area contributed by atoms with Gasteiger partial charge in [-0.2, -0.15) is 0 Å². The van der Waals surface area contributed by atoms with Crippen LogP contribution in [0.3, 0.4) is 0 Å². The van der Waals surface area contributed by atoms with Crippen molar-refractivity contribution < 1.29 is 4.79 Å². The van der Waals surface area contributed by atoms with Gasteiger partial charge in [0.1, 0.15) is 0 Å². The highest BCUT2D eigenvalue weighted by molar-refractivity contribution is 7.09. The molecule has 0 aromatic carbocycles. The van der Waals surface area contributed by atoms with Crippen LogP contribution in [0.4, 0.5) is 0 Å². The smallest absolute Gasteiger partial charge is 0.237 e. The third-order valence-corrected chi connectivity index (χ3v) is 5.55. The van der Waals surface area contributed by atoms with Crippen molar-refractivity contribution in [2.75, 3.05) is 0 Å². The van der Waals surface area contributed by atoms with Crippen LogP contribution in [0.5, 0.6) is 0 Å². The van der Waals surface area contributed by atoms with Crippen LogP contribution in [0.2, 0.25) is 0 Å². The van der Waals surface area contributed by atoms with Gasteiger partial charge in [0, 0.05) is 23.4 Å². The quantitative estimate of drug-likeness (QED) is 0.896. The van der Waals surface area contributed by atoms with Crippen LogP contribution in [0.25, 0.3) is 0 Å². The van der Waals surface area contributed by atoms with E-state index in [0.717, 1.165) is 18.8 Å². The zero-order valence-corrected chi connectivity index (χ0v) is 12.9. The number of amides is 1. The molecule has 20 heavy (non-hydrogen) atoms. The van der Waals surface area contributed by atoms with E-state index in [2.05, 4.69) is 35.1 Å². The molecule has 2 aliphatic rings. The Kier molecular flexibility index (Phi) is 4.41.